The van der Waals surface area contributed by atoms with E-state index in [4.69, 9.17) is 21.1 Å². The Hall–Kier alpha value is -3.85. The second-order valence-corrected chi connectivity index (χ2v) is 9.85. The molecule has 4 aromatic rings. The monoisotopic (exact) mass is 576 g/mol. The summed E-state index contributed by atoms with van der Waals surface area (Å²) < 4.78 is 96.2. The molecule has 0 aliphatic rings. The van der Waals surface area contributed by atoms with E-state index in [1.165, 1.54) is 36.6 Å². The Morgan fingerprint density at radius 2 is 1.87 bits per heavy atom. The number of sulfonamides is 1. The predicted octanol–water partition coefficient (Wildman–Crippen LogP) is 4.50. The Morgan fingerprint density at radius 3 is 2.50 bits per heavy atom. The highest BCUT2D eigenvalue weighted by molar-refractivity contribution is 7.92. The number of fused-ring (bicyclic) bond motifs is 1. The van der Waals surface area contributed by atoms with Crippen LogP contribution in [-0.2, 0) is 10.0 Å². The molecule has 10 nitrogen and oxygen atoms in total. The number of benzene rings is 1. The lowest BCUT2D eigenvalue weighted by Gasteiger charge is -2.24. The van der Waals surface area contributed by atoms with Crippen LogP contribution in [0.15, 0.2) is 62.9 Å². The van der Waals surface area contributed by atoms with Crippen molar-refractivity contribution in [1.29, 1.82) is 0 Å². The fourth-order valence-corrected chi connectivity index (χ4v) is 4.58. The third kappa shape index (κ3) is 5.11. The average molecular weight is 577 g/mol. The summed E-state index contributed by atoms with van der Waals surface area (Å²) in [7, 11) is -2.90. The van der Waals surface area contributed by atoms with Crippen LogP contribution in [0.1, 0.15) is 6.92 Å². The van der Waals surface area contributed by atoms with Crippen LogP contribution in [0.5, 0.6) is 11.8 Å². The van der Waals surface area contributed by atoms with Crippen molar-refractivity contribution in [3.05, 3.63) is 64.1 Å². The molecule has 0 unspecified atom stereocenters. The topological polar surface area (TPSA) is 126 Å². The number of pyridine rings is 2. The van der Waals surface area contributed by atoms with Crippen molar-refractivity contribution in [3.63, 3.8) is 0 Å². The number of anilines is 1. The number of alkyl halides is 4. The summed E-state index contributed by atoms with van der Waals surface area (Å²) in [5.74, 6) is -5.47. The van der Waals surface area contributed by atoms with E-state index < -0.39 is 39.9 Å². The minimum atomic E-state index is -4.50. The third-order valence-electron chi connectivity index (χ3n) is 5.30. The largest absolute Gasteiger partial charge is 0.479 e. The van der Waals surface area contributed by atoms with Gasteiger partial charge in [0.05, 0.1) is 17.5 Å². The van der Waals surface area contributed by atoms with Gasteiger partial charge in [-0.25, -0.2) is 17.2 Å². The van der Waals surface area contributed by atoms with Crippen LogP contribution < -0.4 is 19.8 Å². The molecule has 3 heterocycles. The van der Waals surface area contributed by atoms with Gasteiger partial charge in [0.1, 0.15) is 17.0 Å². The molecule has 16 heteroatoms. The smallest absolute Gasteiger partial charge is 0.343 e. The van der Waals surface area contributed by atoms with Gasteiger partial charge in [0, 0.05) is 17.5 Å². The normalized spacial score (nSPS) is 13.1. The molecule has 0 saturated heterocycles. The van der Waals surface area contributed by atoms with Gasteiger partial charge in [-0.2, -0.15) is 13.8 Å². The molecule has 4 rings (SSSR count). The number of rotatable bonds is 9. The number of aromatic nitrogens is 3. The maximum atomic E-state index is 13.7. The van der Waals surface area contributed by atoms with E-state index in [2.05, 4.69) is 19.4 Å². The van der Waals surface area contributed by atoms with E-state index in [0.717, 1.165) is 30.7 Å². The zero-order valence-corrected chi connectivity index (χ0v) is 20.9. The van der Waals surface area contributed by atoms with Gasteiger partial charge in [0.2, 0.25) is 11.8 Å². The zero-order chi connectivity index (χ0) is 27.8. The molecule has 1 aromatic carbocycles. The van der Waals surface area contributed by atoms with Crippen molar-refractivity contribution >= 4 is 38.3 Å². The van der Waals surface area contributed by atoms with Gasteiger partial charge in [-0.15, -0.1) is 0 Å². The third-order valence-corrected chi connectivity index (χ3v) is 6.92. The van der Waals surface area contributed by atoms with Crippen LogP contribution >= 0.6 is 11.6 Å². The van der Waals surface area contributed by atoms with Gasteiger partial charge in [-0.1, -0.05) is 16.8 Å². The molecule has 202 valence electrons. The molecule has 0 saturated carbocycles. The van der Waals surface area contributed by atoms with E-state index in [-0.39, 0.29) is 32.8 Å². The summed E-state index contributed by atoms with van der Waals surface area (Å²) in [5, 5.41) is 3.42. The minimum Gasteiger partial charge on any atom is -0.479 e. The van der Waals surface area contributed by atoms with Crippen molar-refractivity contribution in [1.82, 2.24) is 14.7 Å². The molecular weight excluding hydrogens is 560 g/mol. The van der Waals surface area contributed by atoms with E-state index in [1.807, 2.05) is 0 Å². The summed E-state index contributed by atoms with van der Waals surface area (Å²) in [6.45, 7) is 0.725. The van der Waals surface area contributed by atoms with Crippen LogP contribution in [0.3, 0.4) is 0 Å². The van der Waals surface area contributed by atoms with E-state index >= 15 is 0 Å². The van der Waals surface area contributed by atoms with Crippen LogP contribution in [0.2, 0.25) is 5.02 Å². The SMILES string of the molecule is COc1nc(O[C@H](C)C(F)(F)C(F)F)c(Cl)cc1-n1c(=O)ccc2cc(S(=O)(=O)Nc3ccon3)ccc21. The molecule has 1 N–H and O–H groups in total. The summed E-state index contributed by atoms with van der Waals surface area (Å²) in [4.78, 5) is 16.6. The number of halogens is 5. The molecular formula is C22H17ClF4N4O6S. The Kier molecular flexibility index (Phi) is 7.25. The second-order valence-electron chi connectivity index (χ2n) is 7.76. The molecule has 0 amide bonds. The highest BCUT2D eigenvalue weighted by Crippen LogP contribution is 2.36. The summed E-state index contributed by atoms with van der Waals surface area (Å²) in [6, 6.07) is 8.82. The summed E-state index contributed by atoms with van der Waals surface area (Å²) in [5.41, 5.74) is -0.443. The first-order valence-corrected chi connectivity index (χ1v) is 12.4. The van der Waals surface area contributed by atoms with Crippen LogP contribution in [0.4, 0.5) is 23.4 Å². The number of hydrogen-bond acceptors (Lipinski definition) is 8. The molecule has 38 heavy (non-hydrogen) atoms. The van der Waals surface area contributed by atoms with Gasteiger partial charge in [0.25, 0.3) is 15.6 Å². The highest BCUT2D eigenvalue weighted by Gasteiger charge is 2.48. The lowest BCUT2D eigenvalue weighted by molar-refractivity contribution is -0.179. The fourth-order valence-electron chi connectivity index (χ4n) is 3.36. The Bertz CT molecular complexity index is 1650. The Labute approximate surface area is 216 Å². The lowest BCUT2D eigenvalue weighted by atomic mass is 10.2. The van der Waals surface area contributed by atoms with Gasteiger partial charge in [-0.05, 0) is 37.3 Å². The molecule has 3 aromatic heterocycles. The maximum Gasteiger partial charge on any atom is 0.343 e. The number of hydrogen-bond donors (Lipinski definition) is 1. The first-order chi connectivity index (χ1) is 17.8. The van der Waals surface area contributed by atoms with Gasteiger partial charge < -0.3 is 14.0 Å². The molecule has 0 spiro atoms. The summed E-state index contributed by atoms with van der Waals surface area (Å²) >= 11 is 6.15. The first kappa shape index (κ1) is 27.2. The molecule has 0 aliphatic heterocycles. The molecule has 0 radical (unpaired) electrons. The molecule has 0 aliphatic carbocycles. The standard InChI is InChI=1S/C22H17ClF4N4O6S/c1-11(22(26,27)21(24)25)37-19-14(23)10-16(20(28-19)35-2)31-15-5-4-13(9-12(15)3-6-18(31)32)38(33,34)30-17-7-8-36-29-17/h3-11,21H,1-2H3,(H,29,30)/t11-/m1/s1. The average Bonchev–Trinajstić information content (AvgIpc) is 3.37. The van der Waals surface area contributed by atoms with Crippen molar-refractivity contribution in [2.45, 2.75) is 30.3 Å². The predicted molar refractivity (Wildman–Crippen MR) is 127 cm³/mol. The molecule has 0 fully saturated rings. The van der Waals surface area contributed by atoms with Crippen molar-refractivity contribution in [3.8, 4) is 17.4 Å². The lowest BCUT2D eigenvalue weighted by Crippen LogP contribution is -2.42. The maximum absolute atomic E-state index is 13.7. The highest BCUT2D eigenvalue weighted by atomic mass is 35.5. The second kappa shape index (κ2) is 10.1. The number of nitrogens with one attached hydrogen (secondary N) is 1. The Morgan fingerprint density at radius 1 is 1.13 bits per heavy atom. The van der Waals surface area contributed by atoms with Crippen molar-refractivity contribution < 1.29 is 40.0 Å². The van der Waals surface area contributed by atoms with E-state index in [9.17, 15) is 30.8 Å². The van der Waals surface area contributed by atoms with E-state index in [1.54, 1.807) is 0 Å². The van der Waals surface area contributed by atoms with Crippen LogP contribution in [0.25, 0.3) is 16.6 Å². The van der Waals surface area contributed by atoms with Gasteiger partial charge in [0.15, 0.2) is 11.9 Å². The van der Waals surface area contributed by atoms with Crippen molar-refractivity contribution in [2.24, 2.45) is 0 Å². The summed E-state index contributed by atoms with van der Waals surface area (Å²) in [6.07, 6.45) is -5.11. The van der Waals surface area contributed by atoms with Gasteiger partial charge in [-0.3, -0.25) is 14.1 Å². The van der Waals surface area contributed by atoms with Crippen LogP contribution in [-0.4, -0.2) is 48.7 Å². The number of ether oxygens (including phenoxy) is 2. The number of methoxy groups -OCH3 is 1. The molecule has 1 atom stereocenters. The van der Waals surface area contributed by atoms with E-state index in [0.29, 0.717) is 5.39 Å². The van der Waals surface area contributed by atoms with Crippen molar-refractivity contribution in [2.75, 3.05) is 11.8 Å². The molecule has 0 bridgehead atoms. The van der Waals surface area contributed by atoms with Crippen LogP contribution in [0, 0.1) is 0 Å². The minimum absolute atomic E-state index is 0.0385. The fraction of sp³-hybridized carbons (Fsp3) is 0.227. The zero-order valence-electron chi connectivity index (χ0n) is 19.4. The van der Waals surface area contributed by atoms with Gasteiger partial charge >= 0.3 is 12.3 Å². The first-order valence-electron chi connectivity index (χ1n) is 10.5. The number of nitrogens with zero attached hydrogens (tertiary/aromatic N) is 3. The Balaban J connectivity index is 1.78. The quantitative estimate of drug-likeness (QED) is 0.289.